The predicted octanol–water partition coefficient (Wildman–Crippen LogP) is 3.73. The maximum Gasteiger partial charge on any atom is 0.119 e. The summed E-state index contributed by atoms with van der Waals surface area (Å²) >= 11 is 0. The van der Waals surface area contributed by atoms with Gasteiger partial charge in [0.15, 0.2) is 0 Å². The van der Waals surface area contributed by atoms with Crippen LogP contribution in [0, 0.1) is 0 Å². The van der Waals surface area contributed by atoms with Crippen molar-refractivity contribution < 1.29 is 9.84 Å². The molecule has 0 saturated carbocycles. The smallest absolute Gasteiger partial charge is 0.119 e. The standard InChI is InChI=1S/C20H27NO2/c1-20(2,3)21(14-17-10-6-4-7-11-17)15-18(22)16-23-19-12-8-5-9-13-19/h4-13,18,22H,14-16H2,1-3H3. The second kappa shape index (κ2) is 8.14. The third-order valence-corrected chi connectivity index (χ3v) is 3.78. The van der Waals surface area contributed by atoms with Crippen LogP contribution in [0.5, 0.6) is 5.75 Å². The van der Waals surface area contributed by atoms with E-state index in [1.165, 1.54) is 5.56 Å². The topological polar surface area (TPSA) is 32.7 Å². The Bertz CT molecular complexity index is 563. The number of ether oxygens (including phenoxy) is 1. The van der Waals surface area contributed by atoms with Gasteiger partial charge in [0.2, 0.25) is 0 Å². The van der Waals surface area contributed by atoms with E-state index in [-0.39, 0.29) is 5.54 Å². The molecule has 0 radical (unpaired) electrons. The molecule has 2 rings (SSSR count). The Balaban J connectivity index is 1.92. The third kappa shape index (κ3) is 6.05. The van der Waals surface area contributed by atoms with E-state index in [0.717, 1.165) is 12.3 Å². The van der Waals surface area contributed by atoms with Gasteiger partial charge < -0.3 is 9.84 Å². The Labute approximate surface area is 139 Å². The van der Waals surface area contributed by atoms with E-state index in [2.05, 4.69) is 37.8 Å². The minimum Gasteiger partial charge on any atom is -0.491 e. The molecule has 0 aliphatic heterocycles. The molecule has 0 heterocycles. The van der Waals surface area contributed by atoms with Crippen molar-refractivity contribution in [3.05, 3.63) is 66.2 Å². The molecule has 23 heavy (non-hydrogen) atoms. The Morgan fingerprint density at radius 2 is 1.52 bits per heavy atom. The number of aliphatic hydroxyl groups excluding tert-OH is 1. The Morgan fingerprint density at radius 1 is 0.957 bits per heavy atom. The van der Waals surface area contributed by atoms with E-state index in [1.807, 2.05) is 48.5 Å². The van der Waals surface area contributed by atoms with Crippen molar-refractivity contribution >= 4 is 0 Å². The average Bonchev–Trinajstić information content (AvgIpc) is 2.53. The molecule has 2 aromatic rings. The molecule has 1 atom stereocenters. The van der Waals surface area contributed by atoms with Crippen LogP contribution in [0.4, 0.5) is 0 Å². The first kappa shape index (κ1) is 17.5. The summed E-state index contributed by atoms with van der Waals surface area (Å²) in [6.07, 6.45) is -0.529. The van der Waals surface area contributed by atoms with Crippen molar-refractivity contribution in [2.45, 2.75) is 39.0 Å². The number of hydrogen-bond donors (Lipinski definition) is 1. The van der Waals surface area contributed by atoms with Gasteiger partial charge in [0.05, 0.1) is 0 Å². The lowest BCUT2D eigenvalue weighted by Crippen LogP contribution is -2.46. The van der Waals surface area contributed by atoms with Crippen LogP contribution >= 0.6 is 0 Å². The van der Waals surface area contributed by atoms with E-state index in [1.54, 1.807) is 0 Å². The van der Waals surface area contributed by atoms with Gasteiger partial charge in [-0.3, -0.25) is 4.90 Å². The number of para-hydroxylation sites is 1. The molecule has 0 aliphatic carbocycles. The van der Waals surface area contributed by atoms with Crippen molar-refractivity contribution in [1.29, 1.82) is 0 Å². The molecule has 0 fully saturated rings. The monoisotopic (exact) mass is 313 g/mol. The SMILES string of the molecule is CC(C)(C)N(Cc1ccccc1)CC(O)COc1ccccc1. The van der Waals surface area contributed by atoms with Gasteiger partial charge in [0.1, 0.15) is 18.5 Å². The van der Waals surface area contributed by atoms with E-state index in [9.17, 15) is 5.11 Å². The van der Waals surface area contributed by atoms with Crippen molar-refractivity contribution in [3.63, 3.8) is 0 Å². The van der Waals surface area contributed by atoms with Gasteiger partial charge in [-0.25, -0.2) is 0 Å². The minimum atomic E-state index is -0.529. The normalized spacial score (nSPS) is 13.1. The van der Waals surface area contributed by atoms with E-state index >= 15 is 0 Å². The molecule has 0 bridgehead atoms. The van der Waals surface area contributed by atoms with E-state index in [4.69, 9.17) is 4.74 Å². The fraction of sp³-hybridized carbons (Fsp3) is 0.400. The average molecular weight is 313 g/mol. The van der Waals surface area contributed by atoms with E-state index < -0.39 is 6.10 Å². The summed E-state index contributed by atoms with van der Waals surface area (Å²) < 4.78 is 5.65. The van der Waals surface area contributed by atoms with Gasteiger partial charge in [0, 0.05) is 18.6 Å². The number of benzene rings is 2. The molecular weight excluding hydrogens is 286 g/mol. The molecule has 3 nitrogen and oxygen atoms in total. The number of hydrogen-bond acceptors (Lipinski definition) is 3. The van der Waals surface area contributed by atoms with Gasteiger partial charge in [-0.05, 0) is 38.5 Å². The lowest BCUT2D eigenvalue weighted by molar-refractivity contribution is 0.0285. The van der Waals surface area contributed by atoms with Crippen molar-refractivity contribution in [2.24, 2.45) is 0 Å². The molecule has 0 saturated heterocycles. The first-order valence-corrected chi connectivity index (χ1v) is 8.10. The predicted molar refractivity (Wildman–Crippen MR) is 94.5 cm³/mol. The number of rotatable bonds is 7. The summed E-state index contributed by atoms with van der Waals surface area (Å²) in [4.78, 5) is 2.28. The minimum absolute atomic E-state index is 0.0242. The highest BCUT2D eigenvalue weighted by Crippen LogP contribution is 2.18. The molecule has 0 spiro atoms. The second-order valence-electron chi connectivity index (χ2n) is 6.81. The van der Waals surface area contributed by atoms with Gasteiger partial charge >= 0.3 is 0 Å². The summed E-state index contributed by atoms with van der Waals surface area (Å²) in [5.74, 6) is 0.789. The van der Waals surface area contributed by atoms with Crippen molar-refractivity contribution in [1.82, 2.24) is 4.90 Å². The lowest BCUT2D eigenvalue weighted by Gasteiger charge is -2.37. The molecule has 1 unspecified atom stereocenters. The maximum absolute atomic E-state index is 10.4. The fourth-order valence-electron chi connectivity index (χ4n) is 2.40. The van der Waals surface area contributed by atoms with Gasteiger partial charge in [-0.2, -0.15) is 0 Å². The third-order valence-electron chi connectivity index (χ3n) is 3.78. The van der Waals surface area contributed by atoms with Crippen LogP contribution < -0.4 is 4.74 Å². The zero-order chi connectivity index (χ0) is 16.7. The first-order valence-electron chi connectivity index (χ1n) is 8.10. The Hall–Kier alpha value is -1.84. The van der Waals surface area contributed by atoms with Crippen LogP contribution in [0.1, 0.15) is 26.3 Å². The van der Waals surface area contributed by atoms with Gasteiger partial charge in [0.25, 0.3) is 0 Å². The maximum atomic E-state index is 10.4. The molecule has 124 valence electrons. The van der Waals surface area contributed by atoms with Crippen LogP contribution in [0.25, 0.3) is 0 Å². The molecule has 1 N–H and O–H groups in total. The van der Waals surface area contributed by atoms with Crippen molar-refractivity contribution in [2.75, 3.05) is 13.2 Å². The molecule has 0 amide bonds. The zero-order valence-electron chi connectivity index (χ0n) is 14.3. The van der Waals surface area contributed by atoms with Crippen LogP contribution in [-0.2, 0) is 6.54 Å². The highest BCUT2D eigenvalue weighted by Gasteiger charge is 2.24. The summed E-state index contributed by atoms with van der Waals surface area (Å²) in [6, 6.07) is 20.0. The molecule has 3 heteroatoms. The summed E-state index contributed by atoms with van der Waals surface area (Å²) in [6.45, 7) is 8.19. The highest BCUT2D eigenvalue weighted by molar-refractivity contribution is 5.21. The van der Waals surface area contributed by atoms with Crippen molar-refractivity contribution in [3.8, 4) is 5.75 Å². The van der Waals surface area contributed by atoms with Gasteiger partial charge in [-0.1, -0.05) is 48.5 Å². The Kier molecular flexibility index (Phi) is 6.20. The van der Waals surface area contributed by atoms with Crippen LogP contribution in [-0.4, -0.2) is 34.8 Å². The molecule has 2 aromatic carbocycles. The first-order chi connectivity index (χ1) is 10.9. The Morgan fingerprint density at radius 3 is 2.09 bits per heavy atom. The quantitative estimate of drug-likeness (QED) is 0.845. The molecule has 0 aromatic heterocycles. The summed E-state index contributed by atoms with van der Waals surface area (Å²) in [7, 11) is 0. The fourth-order valence-corrected chi connectivity index (χ4v) is 2.40. The molecule has 0 aliphatic rings. The number of β-amino-alcohol motifs (C(OH)–C–C–N with tert-alkyl or cyclic N) is 1. The number of nitrogens with zero attached hydrogens (tertiary/aromatic N) is 1. The summed E-state index contributed by atoms with van der Waals surface area (Å²) in [5, 5.41) is 10.4. The largest absolute Gasteiger partial charge is 0.491 e. The zero-order valence-corrected chi connectivity index (χ0v) is 14.3. The lowest BCUT2D eigenvalue weighted by atomic mass is 10.0. The highest BCUT2D eigenvalue weighted by atomic mass is 16.5. The number of aliphatic hydroxyl groups is 1. The second-order valence-corrected chi connectivity index (χ2v) is 6.81. The molecular formula is C20H27NO2. The summed E-state index contributed by atoms with van der Waals surface area (Å²) in [5.41, 5.74) is 1.22. The van der Waals surface area contributed by atoms with Crippen LogP contribution in [0.15, 0.2) is 60.7 Å². The van der Waals surface area contributed by atoms with Crippen LogP contribution in [0.3, 0.4) is 0 Å². The van der Waals surface area contributed by atoms with Crippen LogP contribution in [0.2, 0.25) is 0 Å². The van der Waals surface area contributed by atoms with Gasteiger partial charge in [-0.15, -0.1) is 0 Å². The van der Waals surface area contributed by atoms with E-state index in [0.29, 0.717) is 13.2 Å².